The van der Waals surface area contributed by atoms with Gasteiger partial charge in [-0.3, -0.25) is 4.79 Å². The van der Waals surface area contributed by atoms with Crippen molar-refractivity contribution >= 4 is 5.91 Å². The third-order valence-electron chi connectivity index (χ3n) is 12.6. The van der Waals surface area contributed by atoms with E-state index in [1.54, 1.807) is 6.08 Å². The average molecular weight is 990 g/mol. The van der Waals surface area contributed by atoms with Crippen LogP contribution in [0.3, 0.4) is 0 Å². The monoisotopic (exact) mass is 990 g/mol. The summed E-state index contributed by atoms with van der Waals surface area (Å²) in [5, 5.41) is 119. The van der Waals surface area contributed by atoms with Crippen LogP contribution < -0.4 is 5.32 Å². The third-order valence-corrected chi connectivity index (χ3v) is 12.6. The average Bonchev–Trinajstić information content (AvgIpc) is 3.34. The molecule has 17 unspecified atom stereocenters. The van der Waals surface area contributed by atoms with Gasteiger partial charge in [-0.15, -0.1) is 0 Å². The van der Waals surface area contributed by atoms with Gasteiger partial charge < -0.3 is 89.9 Å². The van der Waals surface area contributed by atoms with Crippen LogP contribution in [0.4, 0.5) is 0 Å². The first kappa shape index (κ1) is 61.1. The Balaban J connectivity index is 1.52. The molecule has 1 amide bonds. The Kier molecular flexibility index (Phi) is 31.0. The first-order valence-electron chi connectivity index (χ1n) is 25.4. The molecule has 19 nitrogen and oxygen atoms in total. The van der Waals surface area contributed by atoms with Crippen LogP contribution in [0.1, 0.15) is 129 Å². The van der Waals surface area contributed by atoms with Gasteiger partial charge in [-0.1, -0.05) is 120 Å². The molecule has 12 N–H and O–H groups in total. The first-order valence-corrected chi connectivity index (χ1v) is 25.4. The van der Waals surface area contributed by atoms with Crippen molar-refractivity contribution in [1.82, 2.24) is 5.32 Å². The lowest BCUT2D eigenvalue weighted by molar-refractivity contribution is -0.379. The molecule has 3 saturated heterocycles. The predicted octanol–water partition coefficient (Wildman–Crippen LogP) is 1.58. The van der Waals surface area contributed by atoms with Crippen LogP contribution in [0.2, 0.25) is 0 Å². The minimum atomic E-state index is -1.98. The van der Waals surface area contributed by atoms with Crippen LogP contribution in [0.5, 0.6) is 0 Å². The topological polar surface area (TPSA) is 307 Å². The number of ether oxygens (including phenoxy) is 6. The fraction of sp³-hybridized carbons (Fsp3) is 0.820. The zero-order valence-electron chi connectivity index (χ0n) is 40.8. The Hall–Kier alpha value is -2.25. The molecular weight excluding hydrogens is 903 g/mol. The molecular formula is C50H87NO18. The Morgan fingerprint density at radius 3 is 1.57 bits per heavy atom. The van der Waals surface area contributed by atoms with Crippen molar-refractivity contribution in [1.29, 1.82) is 0 Å². The molecule has 3 fully saturated rings. The van der Waals surface area contributed by atoms with E-state index in [1.807, 2.05) is 6.08 Å². The summed E-state index contributed by atoms with van der Waals surface area (Å²) in [4.78, 5) is 13.2. The largest absolute Gasteiger partial charge is 0.394 e. The molecule has 0 aromatic rings. The summed E-state index contributed by atoms with van der Waals surface area (Å²) in [5.74, 6) is -0.295. The van der Waals surface area contributed by atoms with Crippen molar-refractivity contribution in [3.63, 3.8) is 0 Å². The van der Waals surface area contributed by atoms with Crippen molar-refractivity contribution in [2.45, 2.75) is 234 Å². The molecule has 0 aromatic heterocycles. The molecule has 3 aliphatic heterocycles. The number of allylic oxidation sites excluding steroid dienone is 7. The third kappa shape index (κ3) is 21.0. The lowest BCUT2D eigenvalue weighted by atomic mass is 9.96. The maximum Gasteiger partial charge on any atom is 0.220 e. The summed E-state index contributed by atoms with van der Waals surface area (Å²) in [6.07, 6.45) is 7.20. The van der Waals surface area contributed by atoms with E-state index >= 15 is 0 Å². The lowest BCUT2D eigenvalue weighted by Gasteiger charge is -2.48. The second-order valence-corrected chi connectivity index (χ2v) is 18.2. The lowest BCUT2D eigenvalue weighted by Crippen LogP contribution is -2.66. The Morgan fingerprint density at radius 2 is 1.00 bits per heavy atom. The Morgan fingerprint density at radius 1 is 0.536 bits per heavy atom. The highest BCUT2D eigenvalue weighted by molar-refractivity contribution is 5.76. The van der Waals surface area contributed by atoms with E-state index in [0.717, 1.165) is 103 Å². The van der Waals surface area contributed by atoms with Gasteiger partial charge in [0.15, 0.2) is 18.9 Å². The van der Waals surface area contributed by atoms with E-state index in [0.29, 0.717) is 6.42 Å². The summed E-state index contributed by atoms with van der Waals surface area (Å²) in [5.41, 5.74) is 0. The fourth-order valence-electron chi connectivity index (χ4n) is 8.38. The minimum Gasteiger partial charge on any atom is -0.394 e. The smallest absolute Gasteiger partial charge is 0.220 e. The molecule has 19 heteroatoms. The van der Waals surface area contributed by atoms with Crippen LogP contribution in [0.15, 0.2) is 48.6 Å². The van der Waals surface area contributed by atoms with Gasteiger partial charge in [0.05, 0.1) is 38.6 Å². The van der Waals surface area contributed by atoms with Crippen molar-refractivity contribution < 1.29 is 89.4 Å². The number of aliphatic hydroxyl groups is 11. The molecule has 0 aliphatic carbocycles. The van der Waals surface area contributed by atoms with Crippen molar-refractivity contribution in [2.75, 3.05) is 26.4 Å². The first-order chi connectivity index (χ1) is 33.3. The standard InChI is InChI=1S/C50H87NO18/c1-3-5-7-9-11-12-13-14-15-16-17-18-19-20-22-24-26-28-38(56)51-33(34(55)27-25-23-21-10-8-6-4-2)32-64-48-44(62)41(59)46(36(30-53)66-48)69-50-45(63)42(60)47(37(31-54)67-50)68-49-43(61)40(58)39(57)35(29-52)65-49/h5,7,11-12,14-15,25,27,33-37,39-50,52-55,57-63H,3-4,6,8-10,13,16-24,26,28-32H2,1-2H3,(H,51,56)/b7-5-,12-11-,15-14-,27-25+. The number of hydrogen-bond donors (Lipinski definition) is 12. The van der Waals surface area contributed by atoms with Crippen LogP contribution in [-0.2, 0) is 33.2 Å². The van der Waals surface area contributed by atoms with Gasteiger partial charge in [-0.25, -0.2) is 0 Å². The second kappa shape index (κ2) is 35.0. The normalized spacial score (nSPS) is 33.3. The van der Waals surface area contributed by atoms with Crippen LogP contribution >= 0.6 is 0 Å². The van der Waals surface area contributed by atoms with E-state index in [-0.39, 0.29) is 18.9 Å². The van der Waals surface area contributed by atoms with Crippen molar-refractivity contribution in [3.05, 3.63) is 48.6 Å². The predicted molar refractivity (Wildman–Crippen MR) is 254 cm³/mol. The molecule has 0 saturated carbocycles. The molecule has 17 atom stereocenters. The molecule has 0 spiro atoms. The van der Waals surface area contributed by atoms with E-state index in [9.17, 15) is 61.0 Å². The SMILES string of the molecule is CC/C=C\C/C=C\C/C=C\CCCCCCCCCC(=O)NC(COC1OC(CO)C(OC2OC(CO)C(OC3OC(CO)C(O)C(O)C3O)C(O)C2O)C(O)C1O)C(O)/C=C/CCCCCCC. The maximum absolute atomic E-state index is 13.2. The summed E-state index contributed by atoms with van der Waals surface area (Å²) in [6, 6.07) is -0.975. The maximum atomic E-state index is 13.2. The van der Waals surface area contributed by atoms with Crippen LogP contribution in [0.25, 0.3) is 0 Å². The highest BCUT2D eigenvalue weighted by Gasteiger charge is 2.53. The molecule has 0 aromatic carbocycles. The summed E-state index contributed by atoms with van der Waals surface area (Å²) in [6.45, 7) is 1.48. The van der Waals surface area contributed by atoms with Crippen molar-refractivity contribution in [3.8, 4) is 0 Å². The molecule has 3 rings (SSSR count). The molecule has 69 heavy (non-hydrogen) atoms. The van der Waals surface area contributed by atoms with E-state index in [1.165, 1.54) is 0 Å². The highest BCUT2D eigenvalue weighted by Crippen LogP contribution is 2.33. The zero-order valence-corrected chi connectivity index (χ0v) is 40.8. The van der Waals surface area contributed by atoms with E-state index in [4.69, 9.17) is 28.4 Å². The van der Waals surface area contributed by atoms with Gasteiger partial charge in [-0.2, -0.15) is 0 Å². The van der Waals surface area contributed by atoms with Crippen molar-refractivity contribution in [2.24, 2.45) is 0 Å². The molecule has 3 aliphatic rings. The van der Waals surface area contributed by atoms with E-state index < -0.39 is 124 Å². The number of hydrogen-bond acceptors (Lipinski definition) is 18. The molecule has 3 heterocycles. The summed E-state index contributed by atoms with van der Waals surface area (Å²) >= 11 is 0. The van der Waals surface area contributed by atoms with Gasteiger partial charge >= 0.3 is 0 Å². The summed E-state index contributed by atoms with van der Waals surface area (Å²) in [7, 11) is 0. The van der Waals surface area contributed by atoms with Crippen LogP contribution in [0, 0.1) is 0 Å². The van der Waals surface area contributed by atoms with Crippen LogP contribution in [-0.4, -0.2) is 193 Å². The van der Waals surface area contributed by atoms with Gasteiger partial charge in [0, 0.05) is 6.42 Å². The van der Waals surface area contributed by atoms with Gasteiger partial charge in [0.25, 0.3) is 0 Å². The number of rotatable bonds is 34. The van der Waals surface area contributed by atoms with E-state index in [2.05, 4.69) is 55.6 Å². The van der Waals surface area contributed by atoms with Gasteiger partial charge in [0.2, 0.25) is 5.91 Å². The number of aliphatic hydroxyl groups excluding tert-OH is 11. The number of amides is 1. The highest BCUT2D eigenvalue weighted by atomic mass is 16.8. The molecule has 0 radical (unpaired) electrons. The Bertz CT molecular complexity index is 1460. The second-order valence-electron chi connectivity index (χ2n) is 18.2. The minimum absolute atomic E-state index is 0.229. The zero-order chi connectivity index (χ0) is 50.6. The van der Waals surface area contributed by atoms with Gasteiger partial charge in [0.1, 0.15) is 73.2 Å². The number of unbranched alkanes of at least 4 members (excludes halogenated alkanes) is 12. The summed E-state index contributed by atoms with van der Waals surface area (Å²) < 4.78 is 34.0. The molecule has 0 bridgehead atoms. The number of nitrogens with one attached hydrogen (secondary N) is 1. The quantitative estimate of drug-likeness (QED) is 0.0322. The number of carbonyl (C=O) groups is 1. The Labute approximate surface area is 408 Å². The number of carbonyl (C=O) groups excluding carboxylic acids is 1. The molecule has 400 valence electrons. The fourth-order valence-corrected chi connectivity index (χ4v) is 8.38. The van der Waals surface area contributed by atoms with Gasteiger partial charge in [-0.05, 0) is 51.4 Å².